The number of alkyl carbamates (subject to hydrolysis) is 1. The second kappa shape index (κ2) is 15.3. The normalized spacial score (nSPS) is 20.9. The van der Waals surface area contributed by atoms with Gasteiger partial charge in [-0.1, -0.05) is 39.0 Å². The molecule has 306 valence electrons. The number of amides is 3. The van der Waals surface area contributed by atoms with Crippen molar-refractivity contribution in [2.24, 2.45) is 17.8 Å². The number of hydrogen-bond acceptors (Lipinski definition) is 9. The first kappa shape index (κ1) is 39.2. The summed E-state index contributed by atoms with van der Waals surface area (Å²) in [5.41, 5.74) is 6.07. The molecule has 0 bridgehead atoms. The summed E-state index contributed by atoms with van der Waals surface area (Å²) in [5, 5.41) is 4.75. The minimum Gasteiger partial charge on any atom is -0.488 e. The lowest BCUT2D eigenvalue weighted by molar-refractivity contribution is -0.135. The minimum atomic E-state index is -0.707. The highest BCUT2D eigenvalue weighted by Crippen LogP contribution is 2.44. The van der Waals surface area contributed by atoms with Crippen LogP contribution in [0.15, 0.2) is 48.7 Å². The van der Waals surface area contributed by atoms with E-state index in [2.05, 4.69) is 58.6 Å². The molecule has 0 radical (unpaired) electrons. The van der Waals surface area contributed by atoms with Crippen LogP contribution in [0.5, 0.6) is 5.75 Å². The number of rotatable bonds is 8. The number of imidazole rings is 2. The number of ether oxygens (including phenoxy) is 4. The lowest BCUT2D eigenvalue weighted by Gasteiger charge is -2.30. The Kier molecular flexibility index (Phi) is 10.3. The summed E-state index contributed by atoms with van der Waals surface area (Å²) in [5.74, 6) is 2.40. The van der Waals surface area contributed by atoms with Gasteiger partial charge in [0.2, 0.25) is 5.91 Å². The molecule has 58 heavy (non-hydrogen) atoms. The first-order chi connectivity index (χ1) is 27.7. The number of benzene rings is 3. The van der Waals surface area contributed by atoms with Crippen molar-refractivity contribution in [2.45, 2.75) is 84.7 Å². The molecule has 3 aromatic carbocycles. The summed E-state index contributed by atoms with van der Waals surface area (Å²) in [4.78, 5) is 59.6. The number of aromatic nitrogens is 4. The van der Waals surface area contributed by atoms with E-state index in [1.54, 1.807) is 12.0 Å². The van der Waals surface area contributed by atoms with Crippen LogP contribution in [0.25, 0.3) is 44.2 Å². The van der Waals surface area contributed by atoms with Crippen LogP contribution in [-0.4, -0.2) is 93.4 Å². The van der Waals surface area contributed by atoms with Gasteiger partial charge in [-0.2, -0.15) is 0 Å². The molecule has 1 unspecified atom stereocenters. The van der Waals surface area contributed by atoms with Crippen LogP contribution in [0.1, 0.15) is 83.7 Å². The van der Waals surface area contributed by atoms with Crippen LogP contribution >= 0.6 is 0 Å². The molecule has 3 N–H and O–H groups in total. The predicted octanol–water partition coefficient (Wildman–Crippen LogP) is 7.90. The fourth-order valence-electron chi connectivity index (χ4n) is 8.78. The van der Waals surface area contributed by atoms with Gasteiger partial charge in [0.25, 0.3) is 0 Å². The second-order valence-corrected chi connectivity index (χ2v) is 17.4. The summed E-state index contributed by atoms with van der Waals surface area (Å²) in [7, 11) is 2.98. The van der Waals surface area contributed by atoms with Crippen molar-refractivity contribution < 1.29 is 33.3 Å². The molecule has 5 aromatic rings. The molecule has 0 spiro atoms. The van der Waals surface area contributed by atoms with E-state index >= 15 is 0 Å². The van der Waals surface area contributed by atoms with E-state index in [-0.39, 0.29) is 41.8 Å². The number of aromatic amines is 2. The van der Waals surface area contributed by atoms with Crippen LogP contribution in [-0.2, 0) is 25.6 Å². The van der Waals surface area contributed by atoms with Gasteiger partial charge in [0.05, 0.1) is 48.7 Å². The Morgan fingerprint density at radius 3 is 2.50 bits per heavy atom. The highest BCUT2D eigenvalue weighted by molar-refractivity contribution is 6.07. The van der Waals surface area contributed by atoms with Crippen molar-refractivity contribution in [1.82, 2.24) is 35.1 Å². The predicted molar refractivity (Wildman–Crippen MR) is 219 cm³/mol. The van der Waals surface area contributed by atoms with E-state index in [0.29, 0.717) is 32.1 Å². The number of nitrogens with zero attached hydrogens (tertiary/aromatic N) is 4. The van der Waals surface area contributed by atoms with Gasteiger partial charge < -0.3 is 39.1 Å². The molecule has 2 fully saturated rings. The average Bonchev–Trinajstić information content (AvgIpc) is 4.00. The molecule has 5 atom stereocenters. The quantitative estimate of drug-likeness (QED) is 0.142. The molecule has 3 aliphatic heterocycles. The van der Waals surface area contributed by atoms with E-state index < -0.39 is 17.7 Å². The minimum absolute atomic E-state index is 0.120. The molecule has 3 aliphatic rings. The summed E-state index contributed by atoms with van der Waals surface area (Å²) in [6.07, 6.45) is 2.32. The number of nitrogens with one attached hydrogen (secondary N) is 3. The smallest absolute Gasteiger partial charge is 0.410 e. The third kappa shape index (κ3) is 7.45. The van der Waals surface area contributed by atoms with Crippen LogP contribution in [0.2, 0.25) is 0 Å². The number of methoxy groups -OCH3 is 2. The molecule has 0 aliphatic carbocycles. The van der Waals surface area contributed by atoms with Gasteiger partial charge in [-0.25, -0.2) is 19.6 Å². The molecule has 14 heteroatoms. The Morgan fingerprint density at radius 1 is 0.966 bits per heavy atom. The van der Waals surface area contributed by atoms with Crippen molar-refractivity contribution in [2.75, 3.05) is 33.9 Å². The standard InChI is InChI=1S/C44H53N7O7/c1-23(2)37(49-42(53)56-8)41(52)50-19-24(3)13-34(50)39-45-18-33(47-39)27-9-11-29-28(15-27)22-57-36-17-30-26(16-31(29)36)10-12-32-38(30)48-40(46-32)35-14-25(21-55-7)20-51(35)43(54)58-44(4,5)6/h9-12,15-18,23-25,34-35,37H,13-14,19-22H2,1-8H3,(H,45,47)(H,46,48)(H,49,53)/t24-,25-,34-,35?,37-/m0/s1. The fourth-order valence-corrected chi connectivity index (χ4v) is 8.78. The Labute approximate surface area is 338 Å². The molecule has 14 nitrogen and oxygen atoms in total. The summed E-state index contributed by atoms with van der Waals surface area (Å²) in [6, 6.07) is 13.5. The van der Waals surface area contributed by atoms with Gasteiger partial charge in [-0.15, -0.1) is 0 Å². The van der Waals surface area contributed by atoms with Gasteiger partial charge in [-0.3, -0.25) is 9.69 Å². The van der Waals surface area contributed by atoms with Gasteiger partial charge in [-0.05, 0) is 91.8 Å². The van der Waals surface area contributed by atoms with Gasteiger partial charge >= 0.3 is 12.2 Å². The van der Waals surface area contributed by atoms with Crippen LogP contribution < -0.4 is 10.1 Å². The highest BCUT2D eigenvalue weighted by Gasteiger charge is 2.41. The van der Waals surface area contributed by atoms with Crippen LogP contribution in [0.3, 0.4) is 0 Å². The van der Waals surface area contributed by atoms with Crippen molar-refractivity contribution in [3.63, 3.8) is 0 Å². The second-order valence-electron chi connectivity index (χ2n) is 17.4. The molecule has 8 rings (SSSR count). The topological polar surface area (TPSA) is 164 Å². The maximum atomic E-state index is 13.8. The maximum absolute atomic E-state index is 13.8. The van der Waals surface area contributed by atoms with E-state index in [1.807, 2.05) is 51.8 Å². The number of carbonyl (C=O) groups is 3. The van der Waals surface area contributed by atoms with Crippen molar-refractivity contribution >= 4 is 39.9 Å². The summed E-state index contributed by atoms with van der Waals surface area (Å²) in [6.45, 7) is 13.6. The number of likely N-dealkylation sites (tertiary alicyclic amines) is 2. The first-order valence-electron chi connectivity index (χ1n) is 20.1. The molecule has 5 heterocycles. The molecular weight excluding hydrogens is 739 g/mol. The molecule has 0 saturated carbocycles. The monoisotopic (exact) mass is 791 g/mol. The van der Waals surface area contributed by atoms with E-state index in [0.717, 1.165) is 74.2 Å². The van der Waals surface area contributed by atoms with E-state index in [1.165, 1.54) is 7.11 Å². The van der Waals surface area contributed by atoms with Crippen LogP contribution in [0.4, 0.5) is 9.59 Å². The fraction of sp³-hybridized carbons (Fsp3) is 0.477. The summed E-state index contributed by atoms with van der Waals surface area (Å²) >= 11 is 0. The van der Waals surface area contributed by atoms with Crippen molar-refractivity contribution in [1.29, 1.82) is 0 Å². The van der Waals surface area contributed by atoms with Gasteiger partial charge in [0.15, 0.2) is 0 Å². The largest absolute Gasteiger partial charge is 0.488 e. The lowest BCUT2D eigenvalue weighted by atomic mass is 9.92. The van der Waals surface area contributed by atoms with Crippen LogP contribution in [0, 0.1) is 17.8 Å². The number of carbonyl (C=O) groups excluding carboxylic acids is 3. The molecule has 3 amide bonds. The molecular formula is C44H53N7O7. The number of hydrogen-bond donors (Lipinski definition) is 3. The Balaban J connectivity index is 1.05. The average molecular weight is 792 g/mol. The zero-order chi connectivity index (χ0) is 41.0. The number of fused-ring (bicyclic) bond motifs is 6. The Morgan fingerprint density at radius 2 is 1.76 bits per heavy atom. The van der Waals surface area contributed by atoms with E-state index in [9.17, 15) is 14.4 Å². The number of H-pyrrole nitrogens is 2. The highest BCUT2D eigenvalue weighted by atomic mass is 16.6. The first-order valence-corrected chi connectivity index (χ1v) is 20.1. The summed E-state index contributed by atoms with van der Waals surface area (Å²) < 4.78 is 22.5. The molecule has 2 aromatic heterocycles. The van der Waals surface area contributed by atoms with Crippen molar-refractivity contribution in [3.8, 4) is 28.1 Å². The Hall–Kier alpha value is -5.63. The third-order valence-corrected chi connectivity index (χ3v) is 11.5. The van der Waals surface area contributed by atoms with E-state index in [4.69, 9.17) is 28.9 Å². The maximum Gasteiger partial charge on any atom is 0.410 e. The van der Waals surface area contributed by atoms with Gasteiger partial charge in [0, 0.05) is 37.1 Å². The third-order valence-electron chi connectivity index (χ3n) is 11.5. The zero-order valence-corrected chi connectivity index (χ0v) is 34.5. The van der Waals surface area contributed by atoms with Crippen molar-refractivity contribution in [3.05, 3.63) is 65.9 Å². The molecule has 2 saturated heterocycles. The van der Waals surface area contributed by atoms with Gasteiger partial charge in [0.1, 0.15) is 35.6 Å². The lowest BCUT2D eigenvalue weighted by Crippen LogP contribution is -2.51. The SMILES string of the molecule is COC[C@H]1CC(c2nc3ccc4cc5c(cc4c3[nH]2)OCc2cc(-c3cnc([C@@H]4C[C@H](C)CN4C(=O)[C@@H](NC(=O)OC)C(C)C)[nH]3)ccc2-5)N(C(=O)OC(C)(C)C)C1. The Bertz CT molecular complexity index is 2380. The zero-order valence-electron chi connectivity index (χ0n) is 34.5.